The first-order valence-electron chi connectivity index (χ1n) is 7.32. The van der Waals surface area contributed by atoms with E-state index in [-0.39, 0.29) is 24.1 Å². The van der Waals surface area contributed by atoms with Gasteiger partial charge >= 0.3 is 5.97 Å². The molecule has 1 aromatic rings. The van der Waals surface area contributed by atoms with E-state index in [1.165, 1.54) is 0 Å². The normalized spacial score (nSPS) is 22.1. The van der Waals surface area contributed by atoms with Crippen molar-refractivity contribution in [3.8, 4) is 5.75 Å². The molecular formula is C15H21BrN2O3. The lowest BCUT2D eigenvalue weighted by Gasteiger charge is -2.29. The maximum atomic E-state index is 12.0. The Kier molecular flexibility index (Phi) is 5.56. The Morgan fingerprint density at radius 1 is 1.43 bits per heavy atom. The fourth-order valence-corrected chi connectivity index (χ4v) is 2.89. The topological polar surface area (TPSA) is 61.3 Å². The Labute approximate surface area is 133 Å². The van der Waals surface area contributed by atoms with Crippen LogP contribution in [0.5, 0.6) is 5.75 Å². The molecule has 0 amide bonds. The third kappa shape index (κ3) is 4.66. The lowest BCUT2D eigenvalue weighted by molar-refractivity contribution is -0.154. The largest absolute Gasteiger partial charge is 0.487 e. The van der Waals surface area contributed by atoms with E-state index in [1.54, 1.807) is 6.20 Å². The molecule has 1 heterocycles. The molecule has 1 saturated carbocycles. The highest BCUT2D eigenvalue weighted by molar-refractivity contribution is 9.10. The van der Waals surface area contributed by atoms with Gasteiger partial charge < -0.3 is 9.47 Å². The molecule has 5 nitrogen and oxygen atoms in total. The van der Waals surface area contributed by atoms with Crippen molar-refractivity contribution >= 4 is 21.9 Å². The van der Waals surface area contributed by atoms with Crippen LogP contribution in [0.15, 0.2) is 10.9 Å². The van der Waals surface area contributed by atoms with E-state index in [1.807, 2.05) is 20.8 Å². The summed E-state index contributed by atoms with van der Waals surface area (Å²) in [5.41, 5.74) is 0.795. The van der Waals surface area contributed by atoms with Crippen LogP contribution in [-0.2, 0) is 9.53 Å². The van der Waals surface area contributed by atoms with E-state index in [0.29, 0.717) is 16.9 Å². The van der Waals surface area contributed by atoms with Gasteiger partial charge in [-0.25, -0.2) is 9.97 Å². The molecule has 0 bridgehead atoms. The van der Waals surface area contributed by atoms with E-state index in [2.05, 4.69) is 25.9 Å². The van der Waals surface area contributed by atoms with Crippen molar-refractivity contribution in [3.05, 3.63) is 16.6 Å². The summed E-state index contributed by atoms with van der Waals surface area (Å²) in [4.78, 5) is 20.3. The van der Waals surface area contributed by atoms with Crippen LogP contribution in [-0.4, -0.2) is 28.1 Å². The quantitative estimate of drug-likeness (QED) is 0.610. The molecule has 6 heteroatoms. The number of aryl methyl sites for hydroxylation is 1. The summed E-state index contributed by atoms with van der Waals surface area (Å²) in [7, 11) is 0. The molecule has 2 rings (SSSR count). The number of carbonyl (C=O) groups excluding carboxylic acids is 1. The van der Waals surface area contributed by atoms with Gasteiger partial charge in [0, 0.05) is 0 Å². The zero-order valence-electron chi connectivity index (χ0n) is 12.6. The molecule has 0 radical (unpaired) electrons. The number of carbonyl (C=O) groups is 1. The number of hydrogen-bond donors (Lipinski definition) is 0. The smallest absolute Gasteiger partial charge is 0.309 e. The summed E-state index contributed by atoms with van der Waals surface area (Å²) >= 11 is 3.23. The lowest BCUT2D eigenvalue weighted by atomic mass is 9.87. The average molecular weight is 357 g/mol. The van der Waals surface area contributed by atoms with Gasteiger partial charge in [-0.3, -0.25) is 4.79 Å². The summed E-state index contributed by atoms with van der Waals surface area (Å²) in [5.74, 6) is 0.506. The first-order chi connectivity index (χ1) is 9.95. The van der Waals surface area contributed by atoms with Crippen molar-refractivity contribution in [2.24, 2.45) is 5.92 Å². The Morgan fingerprint density at radius 3 is 2.86 bits per heavy atom. The summed E-state index contributed by atoms with van der Waals surface area (Å²) in [5, 5.41) is 0. The van der Waals surface area contributed by atoms with Crippen LogP contribution in [0.1, 0.15) is 45.2 Å². The second-order valence-electron chi connectivity index (χ2n) is 5.68. The van der Waals surface area contributed by atoms with Crippen LogP contribution in [0.3, 0.4) is 0 Å². The van der Waals surface area contributed by atoms with Gasteiger partial charge in [-0.1, -0.05) is 0 Å². The minimum Gasteiger partial charge on any atom is -0.487 e. The highest BCUT2D eigenvalue weighted by atomic mass is 79.9. The van der Waals surface area contributed by atoms with Gasteiger partial charge in [-0.05, 0) is 62.4 Å². The minimum absolute atomic E-state index is 0.0203. The number of aromatic nitrogens is 2. The highest BCUT2D eigenvalue weighted by Gasteiger charge is 2.30. The van der Waals surface area contributed by atoms with E-state index in [9.17, 15) is 4.79 Å². The van der Waals surface area contributed by atoms with Crippen LogP contribution < -0.4 is 4.74 Å². The van der Waals surface area contributed by atoms with Gasteiger partial charge in [0.05, 0.1) is 30.0 Å². The molecule has 21 heavy (non-hydrogen) atoms. The second kappa shape index (κ2) is 7.20. The fraction of sp³-hybridized carbons (Fsp3) is 0.667. The predicted molar refractivity (Wildman–Crippen MR) is 82.1 cm³/mol. The molecule has 0 aliphatic heterocycles. The Balaban J connectivity index is 1.96. The van der Waals surface area contributed by atoms with Gasteiger partial charge in [0.1, 0.15) is 0 Å². The molecule has 1 fully saturated rings. The van der Waals surface area contributed by atoms with Gasteiger partial charge in [0.2, 0.25) is 0 Å². The zero-order valence-corrected chi connectivity index (χ0v) is 14.2. The van der Waals surface area contributed by atoms with Crippen molar-refractivity contribution in [3.63, 3.8) is 0 Å². The third-order valence-electron chi connectivity index (χ3n) is 3.51. The highest BCUT2D eigenvalue weighted by Crippen LogP contribution is 2.29. The standard InChI is InChI=1S/C15H21BrN2O3/c1-9(2)20-14(19)11-5-4-6-12(7-11)21-13-8-17-15(16)18-10(13)3/h8-9,11-12H,4-7H2,1-3H3/t11-,12-/m0/s1. The van der Waals surface area contributed by atoms with Crippen LogP contribution in [0.4, 0.5) is 0 Å². The molecule has 1 aromatic heterocycles. The first-order valence-corrected chi connectivity index (χ1v) is 8.11. The summed E-state index contributed by atoms with van der Waals surface area (Å²) < 4.78 is 11.8. The van der Waals surface area contributed by atoms with Crippen LogP contribution >= 0.6 is 15.9 Å². The van der Waals surface area contributed by atoms with Crippen LogP contribution in [0, 0.1) is 12.8 Å². The van der Waals surface area contributed by atoms with Gasteiger partial charge in [-0.2, -0.15) is 0 Å². The number of halogens is 1. The van der Waals surface area contributed by atoms with Gasteiger partial charge in [0.25, 0.3) is 0 Å². The van der Waals surface area contributed by atoms with Gasteiger partial charge in [-0.15, -0.1) is 0 Å². The average Bonchev–Trinajstić information content (AvgIpc) is 2.41. The van der Waals surface area contributed by atoms with Crippen molar-refractivity contribution in [1.82, 2.24) is 9.97 Å². The fourth-order valence-electron chi connectivity index (χ4n) is 2.52. The zero-order chi connectivity index (χ0) is 15.4. The number of hydrogen-bond acceptors (Lipinski definition) is 5. The Hall–Kier alpha value is -1.17. The van der Waals surface area contributed by atoms with Crippen molar-refractivity contribution in [2.45, 2.75) is 58.7 Å². The first kappa shape index (κ1) is 16.2. The Bertz CT molecular complexity index is 508. The molecule has 0 N–H and O–H groups in total. The number of nitrogens with zero attached hydrogens (tertiary/aromatic N) is 2. The van der Waals surface area contributed by atoms with E-state index >= 15 is 0 Å². The van der Waals surface area contributed by atoms with Crippen molar-refractivity contribution < 1.29 is 14.3 Å². The molecule has 116 valence electrons. The summed E-state index contributed by atoms with van der Waals surface area (Å²) in [6.45, 7) is 5.63. The van der Waals surface area contributed by atoms with E-state index in [4.69, 9.17) is 9.47 Å². The maximum absolute atomic E-state index is 12.0. The molecule has 1 aliphatic rings. The monoisotopic (exact) mass is 356 g/mol. The molecule has 0 aromatic carbocycles. The second-order valence-corrected chi connectivity index (χ2v) is 6.39. The number of ether oxygens (including phenoxy) is 2. The van der Waals surface area contributed by atoms with Crippen LogP contribution in [0.25, 0.3) is 0 Å². The number of esters is 1. The minimum atomic E-state index is -0.109. The molecule has 0 saturated heterocycles. The molecule has 0 spiro atoms. The van der Waals surface area contributed by atoms with E-state index in [0.717, 1.165) is 25.0 Å². The maximum Gasteiger partial charge on any atom is 0.309 e. The number of rotatable bonds is 4. The SMILES string of the molecule is Cc1nc(Br)ncc1O[C@H]1CCC[C@H](C(=O)OC(C)C)C1. The van der Waals surface area contributed by atoms with E-state index < -0.39 is 0 Å². The lowest BCUT2D eigenvalue weighted by Crippen LogP contribution is -2.32. The van der Waals surface area contributed by atoms with Crippen LogP contribution in [0.2, 0.25) is 0 Å². The van der Waals surface area contributed by atoms with Crippen molar-refractivity contribution in [1.29, 1.82) is 0 Å². The van der Waals surface area contributed by atoms with Gasteiger partial charge in [0.15, 0.2) is 10.5 Å². The molecule has 1 aliphatic carbocycles. The molecular weight excluding hydrogens is 336 g/mol. The predicted octanol–water partition coefficient (Wildman–Crippen LogP) is 3.44. The van der Waals surface area contributed by atoms with Crippen molar-refractivity contribution in [2.75, 3.05) is 0 Å². The third-order valence-corrected chi connectivity index (χ3v) is 3.89. The summed E-state index contributed by atoms with van der Waals surface area (Å²) in [6, 6.07) is 0. The molecule has 0 unspecified atom stereocenters. The summed E-state index contributed by atoms with van der Waals surface area (Å²) in [6.07, 6.45) is 5.11. The Morgan fingerprint density at radius 2 is 2.19 bits per heavy atom. The molecule has 2 atom stereocenters.